The van der Waals surface area contributed by atoms with Crippen molar-refractivity contribution < 1.29 is 9.35 Å². The fourth-order valence-electron chi connectivity index (χ4n) is 4.26. The molecule has 6 nitrogen and oxygen atoms in total. The van der Waals surface area contributed by atoms with Crippen molar-refractivity contribution in [2.24, 2.45) is 0 Å². The minimum atomic E-state index is -1.48. The number of hydrogen-bond donors (Lipinski definition) is 1. The van der Waals surface area contributed by atoms with Crippen molar-refractivity contribution in [3.63, 3.8) is 0 Å². The molecule has 0 spiro atoms. The third kappa shape index (κ3) is 5.61. The number of amides is 1. The molecule has 1 aliphatic rings. The highest BCUT2D eigenvalue weighted by atomic mass is 35.5. The van der Waals surface area contributed by atoms with Crippen LogP contribution in [0.4, 0.5) is 5.69 Å². The van der Waals surface area contributed by atoms with Crippen LogP contribution >= 0.6 is 23.2 Å². The number of halogens is 2. The van der Waals surface area contributed by atoms with E-state index in [1.165, 1.54) is 0 Å². The van der Waals surface area contributed by atoms with Crippen molar-refractivity contribution in [3.8, 4) is 0 Å². The van der Waals surface area contributed by atoms with Crippen molar-refractivity contribution in [1.82, 2.24) is 14.8 Å². The first-order valence-corrected chi connectivity index (χ1v) is 13.5. The highest BCUT2D eigenvalue weighted by molar-refractivity contribution is 7.93. The number of fused-ring (bicyclic) bond motifs is 1. The zero-order valence-corrected chi connectivity index (χ0v) is 21.7. The molecule has 0 unspecified atom stereocenters. The number of nitrogens with zero attached hydrogens (tertiary/aromatic N) is 3. The standard InChI is InChI=1S/C27H24Cl2N4O2S/c28-23-11-6-19(17-24(23)29)18-32-13-15-33(16-14-32)27(34)21-7-9-22(10-8-21)31-36(35)25-5-1-3-20-4-2-12-30-26(20)25/h1-12,17,31H,13-16,18H2/t36-/m0/s1. The summed E-state index contributed by atoms with van der Waals surface area (Å²) in [4.78, 5) is 22.2. The van der Waals surface area contributed by atoms with E-state index in [-0.39, 0.29) is 5.91 Å². The Morgan fingerprint density at radius 1 is 0.944 bits per heavy atom. The molecule has 2 heterocycles. The third-order valence-electron chi connectivity index (χ3n) is 6.19. The number of carbonyl (C=O) groups excluding carboxylic acids is 1. The monoisotopic (exact) mass is 538 g/mol. The Labute approximate surface area is 223 Å². The van der Waals surface area contributed by atoms with Gasteiger partial charge in [0.15, 0.2) is 0 Å². The Balaban J connectivity index is 1.17. The number of carbonyl (C=O) groups is 1. The van der Waals surface area contributed by atoms with E-state index < -0.39 is 11.4 Å². The first kappa shape index (κ1) is 24.9. The van der Waals surface area contributed by atoms with Gasteiger partial charge in [-0.3, -0.25) is 14.7 Å². The van der Waals surface area contributed by atoms with Crippen LogP contribution in [0.3, 0.4) is 0 Å². The SMILES string of the molecule is O=C(c1ccc(N[S@@+]([O-])c2cccc3cccnc23)cc1)N1CCN(Cc2ccc(Cl)c(Cl)c2)CC1. The largest absolute Gasteiger partial charge is 0.588 e. The fraction of sp³-hybridized carbons (Fsp3) is 0.185. The van der Waals surface area contributed by atoms with Crippen LogP contribution in [0.15, 0.2) is 83.9 Å². The number of anilines is 1. The molecule has 0 aliphatic carbocycles. The minimum Gasteiger partial charge on any atom is -0.588 e. The first-order chi connectivity index (χ1) is 17.5. The van der Waals surface area contributed by atoms with Crippen molar-refractivity contribution in [2.75, 3.05) is 30.9 Å². The lowest BCUT2D eigenvalue weighted by Gasteiger charge is -2.34. The van der Waals surface area contributed by atoms with Gasteiger partial charge in [0.25, 0.3) is 5.91 Å². The molecule has 0 saturated carbocycles. The zero-order chi connectivity index (χ0) is 25.1. The van der Waals surface area contributed by atoms with Gasteiger partial charge in [0, 0.05) is 49.9 Å². The lowest BCUT2D eigenvalue weighted by atomic mass is 10.1. The van der Waals surface area contributed by atoms with E-state index in [1.807, 2.05) is 47.4 Å². The number of piperazine rings is 1. The van der Waals surface area contributed by atoms with Gasteiger partial charge >= 0.3 is 0 Å². The van der Waals surface area contributed by atoms with Gasteiger partial charge in [0.1, 0.15) is 16.9 Å². The van der Waals surface area contributed by atoms with Crippen molar-refractivity contribution in [1.29, 1.82) is 0 Å². The highest BCUT2D eigenvalue weighted by Crippen LogP contribution is 2.25. The molecule has 1 amide bonds. The summed E-state index contributed by atoms with van der Waals surface area (Å²) in [5.74, 6) is -0.00452. The van der Waals surface area contributed by atoms with Crippen LogP contribution in [-0.2, 0) is 17.9 Å². The van der Waals surface area contributed by atoms with Gasteiger partial charge in [-0.05, 0) is 54.1 Å². The summed E-state index contributed by atoms with van der Waals surface area (Å²) >= 11 is 10.7. The molecule has 5 rings (SSSR count). The van der Waals surface area contributed by atoms with Crippen molar-refractivity contribution in [3.05, 3.63) is 100 Å². The lowest BCUT2D eigenvalue weighted by Crippen LogP contribution is -2.48. The van der Waals surface area contributed by atoms with Crippen LogP contribution < -0.4 is 4.72 Å². The number of para-hydroxylation sites is 1. The zero-order valence-electron chi connectivity index (χ0n) is 19.4. The van der Waals surface area contributed by atoms with Crippen molar-refractivity contribution >= 4 is 57.1 Å². The molecule has 36 heavy (non-hydrogen) atoms. The molecule has 1 aliphatic heterocycles. The average Bonchev–Trinajstić information content (AvgIpc) is 2.91. The smallest absolute Gasteiger partial charge is 0.253 e. The van der Waals surface area contributed by atoms with Gasteiger partial charge in [-0.25, -0.2) is 4.72 Å². The molecule has 1 atom stereocenters. The topological polar surface area (TPSA) is 71.5 Å². The molecule has 184 valence electrons. The van der Waals surface area contributed by atoms with Crippen LogP contribution in [0.2, 0.25) is 10.0 Å². The maximum Gasteiger partial charge on any atom is 0.253 e. The van der Waals surface area contributed by atoms with Gasteiger partial charge in [0.2, 0.25) is 4.90 Å². The Hall–Kier alpha value is -2.81. The normalized spacial score (nSPS) is 15.1. The summed E-state index contributed by atoms with van der Waals surface area (Å²) < 4.78 is 16.0. The number of pyridine rings is 1. The maximum atomic E-state index is 13.0. The van der Waals surface area contributed by atoms with Crippen LogP contribution in [0.25, 0.3) is 10.9 Å². The molecule has 1 aromatic heterocycles. The summed E-state index contributed by atoms with van der Waals surface area (Å²) in [6, 6.07) is 22.2. The number of hydrogen-bond acceptors (Lipinski definition) is 5. The summed E-state index contributed by atoms with van der Waals surface area (Å²) in [5.41, 5.74) is 3.08. The summed E-state index contributed by atoms with van der Waals surface area (Å²) in [7, 11) is 0. The number of nitrogens with one attached hydrogen (secondary N) is 1. The molecule has 9 heteroatoms. The average molecular weight is 539 g/mol. The van der Waals surface area contributed by atoms with E-state index in [4.69, 9.17) is 23.2 Å². The van der Waals surface area contributed by atoms with Crippen molar-refractivity contribution in [2.45, 2.75) is 11.4 Å². The summed E-state index contributed by atoms with van der Waals surface area (Å²) in [5, 5.41) is 2.04. The Kier molecular flexibility index (Phi) is 7.65. The second-order valence-electron chi connectivity index (χ2n) is 8.60. The van der Waals surface area contributed by atoms with Gasteiger partial charge < -0.3 is 9.45 Å². The molecule has 0 radical (unpaired) electrons. The third-order valence-corrected chi connectivity index (χ3v) is 8.08. The van der Waals surface area contributed by atoms with Crippen LogP contribution in [0, 0.1) is 0 Å². The predicted octanol–water partition coefficient (Wildman–Crippen LogP) is 5.63. The van der Waals surface area contributed by atoms with Gasteiger partial charge in [-0.15, -0.1) is 0 Å². The Morgan fingerprint density at radius 2 is 1.69 bits per heavy atom. The van der Waals surface area contributed by atoms with Crippen LogP contribution in [0.5, 0.6) is 0 Å². The Bertz CT molecular complexity index is 1370. The molecular formula is C27H24Cl2N4O2S. The van der Waals surface area contributed by atoms with Crippen LogP contribution in [0.1, 0.15) is 15.9 Å². The van der Waals surface area contributed by atoms with Gasteiger partial charge in [-0.1, -0.05) is 47.5 Å². The molecule has 1 saturated heterocycles. The quantitative estimate of drug-likeness (QED) is 0.322. The minimum absolute atomic E-state index is 0.00452. The number of rotatable bonds is 6. The van der Waals surface area contributed by atoms with E-state index in [9.17, 15) is 9.35 Å². The molecule has 1 fully saturated rings. The number of aromatic nitrogens is 1. The first-order valence-electron chi connectivity index (χ1n) is 11.6. The lowest BCUT2D eigenvalue weighted by molar-refractivity contribution is 0.0628. The van der Waals surface area contributed by atoms with E-state index in [1.54, 1.807) is 36.5 Å². The summed E-state index contributed by atoms with van der Waals surface area (Å²) in [6.45, 7) is 3.63. The Morgan fingerprint density at radius 3 is 2.44 bits per heavy atom. The molecular weight excluding hydrogens is 515 g/mol. The molecule has 4 aromatic rings. The molecule has 1 N–H and O–H groups in total. The predicted molar refractivity (Wildman–Crippen MR) is 146 cm³/mol. The van der Waals surface area contributed by atoms with Gasteiger partial charge in [0.05, 0.1) is 15.7 Å². The maximum absolute atomic E-state index is 13.0. The second-order valence-corrected chi connectivity index (χ2v) is 10.6. The number of benzene rings is 3. The van der Waals surface area contributed by atoms with E-state index in [0.29, 0.717) is 44.8 Å². The second kappa shape index (κ2) is 11.1. The van der Waals surface area contributed by atoms with E-state index in [0.717, 1.165) is 30.6 Å². The summed E-state index contributed by atoms with van der Waals surface area (Å²) in [6.07, 6.45) is 1.69. The van der Waals surface area contributed by atoms with E-state index >= 15 is 0 Å². The van der Waals surface area contributed by atoms with E-state index in [2.05, 4.69) is 14.6 Å². The fourth-order valence-corrected chi connectivity index (χ4v) is 5.59. The highest BCUT2D eigenvalue weighted by Gasteiger charge is 2.23. The van der Waals surface area contributed by atoms with Crippen LogP contribution in [-0.4, -0.2) is 51.4 Å². The molecule has 3 aromatic carbocycles. The molecule has 0 bridgehead atoms. The van der Waals surface area contributed by atoms with Gasteiger partial charge in [-0.2, -0.15) is 0 Å².